The summed E-state index contributed by atoms with van der Waals surface area (Å²) in [5.74, 6) is 0.261. The normalized spacial score (nSPS) is 18.5. The van der Waals surface area contributed by atoms with Crippen LogP contribution in [0.3, 0.4) is 0 Å². The van der Waals surface area contributed by atoms with Crippen LogP contribution in [0.15, 0.2) is 53.6 Å². The highest BCUT2D eigenvalue weighted by molar-refractivity contribution is 6.43. The molecule has 0 saturated carbocycles. The van der Waals surface area contributed by atoms with Gasteiger partial charge >= 0.3 is 7.12 Å². The Hall–Kier alpha value is -1.82. The lowest BCUT2D eigenvalue weighted by atomic mass is 9.78. The van der Waals surface area contributed by atoms with Crippen molar-refractivity contribution in [3.8, 4) is 5.75 Å². The summed E-state index contributed by atoms with van der Waals surface area (Å²) in [6.45, 7) is 6.56. The van der Waals surface area contributed by atoms with Crippen LogP contribution in [0, 0.1) is 0 Å². The molecular formula is C19H25BO4. The van der Waals surface area contributed by atoms with E-state index >= 15 is 0 Å². The Labute approximate surface area is 144 Å². The van der Waals surface area contributed by atoms with Crippen molar-refractivity contribution in [3.05, 3.63) is 59.2 Å². The SMILES string of the molecule is C=C(COC)C1=CCB(O)OC1CC/C(C)=C/c1cccc(O)c1. The molecule has 1 unspecified atom stereocenters. The molecule has 1 aromatic rings. The second-order valence-electron chi connectivity index (χ2n) is 6.14. The molecule has 2 N–H and O–H groups in total. The predicted molar refractivity (Wildman–Crippen MR) is 97.7 cm³/mol. The van der Waals surface area contributed by atoms with Gasteiger partial charge in [0.05, 0.1) is 12.7 Å². The highest BCUT2D eigenvalue weighted by Crippen LogP contribution is 2.27. The summed E-state index contributed by atoms with van der Waals surface area (Å²) in [5.41, 5.74) is 4.06. The molecule has 1 atom stereocenters. The topological polar surface area (TPSA) is 58.9 Å². The first-order chi connectivity index (χ1) is 11.5. The number of allylic oxidation sites excluding steroid dienone is 2. The second kappa shape index (κ2) is 8.88. The molecule has 0 aliphatic carbocycles. The van der Waals surface area contributed by atoms with Crippen molar-refractivity contribution < 1.29 is 19.5 Å². The van der Waals surface area contributed by atoms with E-state index in [1.807, 2.05) is 24.3 Å². The molecular weight excluding hydrogens is 303 g/mol. The van der Waals surface area contributed by atoms with Crippen molar-refractivity contribution in [1.29, 1.82) is 0 Å². The van der Waals surface area contributed by atoms with Gasteiger partial charge in [-0.3, -0.25) is 0 Å². The minimum absolute atomic E-state index is 0.177. The summed E-state index contributed by atoms with van der Waals surface area (Å²) in [6.07, 6.45) is 5.93. The maximum absolute atomic E-state index is 9.77. The Morgan fingerprint density at radius 1 is 1.50 bits per heavy atom. The maximum Gasteiger partial charge on any atom is 0.458 e. The van der Waals surface area contributed by atoms with E-state index in [1.54, 1.807) is 19.2 Å². The molecule has 5 heteroatoms. The van der Waals surface area contributed by atoms with E-state index in [0.717, 1.165) is 29.6 Å². The molecule has 2 rings (SSSR count). The molecule has 1 aromatic carbocycles. The average molecular weight is 328 g/mol. The van der Waals surface area contributed by atoms with Gasteiger partial charge in [0.15, 0.2) is 0 Å². The van der Waals surface area contributed by atoms with E-state index in [-0.39, 0.29) is 11.9 Å². The number of methoxy groups -OCH3 is 1. The lowest BCUT2D eigenvalue weighted by Gasteiger charge is -2.28. The average Bonchev–Trinajstić information content (AvgIpc) is 2.53. The van der Waals surface area contributed by atoms with Crippen LogP contribution in [0.25, 0.3) is 6.08 Å². The van der Waals surface area contributed by atoms with Gasteiger partial charge in [0.2, 0.25) is 0 Å². The number of phenolic OH excluding ortho intramolecular Hbond substituents is 1. The van der Waals surface area contributed by atoms with E-state index in [0.29, 0.717) is 12.9 Å². The van der Waals surface area contributed by atoms with Gasteiger partial charge in [-0.15, -0.1) is 0 Å². The highest BCUT2D eigenvalue weighted by Gasteiger charge is 2.27. The summed E-state index contributed by atoms with van der Waals surface area (Å²) < 4.78 is 10.8. The van der Waals surface area contributed by atoms with Crippen LogP contribution in [-0.4, -0.2) is 37.1 Å². The lowest BCUT2D eigenvalue weighted by molar-refractivity contribution is 0.176. The Balaban J connectivity index is 2.01. The fourth-order valence-electron chi connectivity index (χ4n) is 2.86. The fraction of sp³-hybridized carbons (Fsp3) is 0.368. The summed E-state index contributed by atoms with van der Waals surface area (Å²) >= 11 is 0. The molecule has 1 aliphatic heterocycles. The molecule has 0 radical (unpaired) electrons. The first kappa shape index (κ1) is 18.5. The highest BCUT2D eigenvalue weighted by atomic mass is 16.5. The van der Waals surface area contributed by atoms with Gasteiger partial charge in [-0.05, 0) is 48.6 Å². The van der Waals surface area contributed by atoms with Crippen molar-refractivity contribution in [2.75, 3.05) is 13.7 Å². The van der Waals surface area contributed by atoms with Crippen LogP contribution in [0.2, 0.25) is 6.32 Å². The van der Waals surface area contributed by atoms with Gasteiger partial charge < -0.3 is 19.5 Å². The zero-order valence-corrected chi connectivity index (χ0v) is 14.4. The Kier molecular flexibility index (Phi) is 6.85. The molecule has 24 heavy (non-hydrogen) atoms. The Morgan fingerprint density at radius 2 is 2.29 bits per heavy atom. The van der Waals surface area contributed by atoms with E-state index in [1.165, 1.54) is 5.57 Å². The lowest BCUT2D eigenvalue weighted by Crippen LogP contribution is -2.32. The van der Waals surface area contributed by atoms with Gasteiger partial charge in [-0.25, -0.2) is 0 Å². The zero-order chi connectivity index (χ0) is 17.5. The van der Waals surface area contributed by atoms with Crippen molar-refractivity contribution in [2.24, 2.45) is 0 Å². The van der Waals surface area contributed by atoms with Crippen molar-refractivity contribution in [2.45, 2.75) is 32.2 Å². The number of phenols is 1. The number of ether oxygens (including phenoxy) is 1. The van der Waals surface area contributed by atoms with Crippen molar-refractivity contribution in [1.82, 2.24) is 0 Å². The molecule has 128 valence electrons. The number of benzene rings is 1. The summed E-state index contributed by atoms with van der Waals surface area (Å²) in [7, 11) is 0.881. The van der Waals surface area contributed by atoms with E-state index in [2.05, 4.69) is 13.5 Å². The minimum Gasteiger partial charge on any atom is -0.508 e. The molecule has 0 saturated heterocycles. The third-order valence-corrected chi connectivity index (χ3v) is 4.02. The Bertz CT molecular complexity index is 636. The van der Waals surface area contributed by atoms with Gasteiger partial charge in [0.1, 0.15) is 5.75 Å². The van der Waals surface area contributed by atoms with Gasteiger partial charge in [-0.1, -0.05) is 36.4 Å². The molecule has 0 bridgehead atoms. The monoisotopic (exact) mass is 328 g/mol. The number of rotatable bonds is 7. The number of aromatic hydroxyl groups is 1. The fourth-order valence-corrected chi connectivity index (χ4v) is 2.86. The molecule has 1 aliphatic rings. The third kappa shape index (κ3) is 5.37. The van der Waals surface area contributed by atoms with E-state index < -0.39 is 7.12 Å². The summed E-state index contributed by atoms with van der Waals surface area (Å²) in [5, 5.41) is 19.3. The zero-order valence-electron chi connectivity index (χ0n) is 14.4. The number of hydrogen-bond donors (Lipinski definition) is 2. The summed E-state index contributed by atoms with van der Waals surface area (Å²) in [4.78, 5) is 0. The quantitative estimate of drug-likeness (QED) is 0.751. The second-order valence-corrected chi connectivity index (χ2v) is 6.14. The van der Waals surface area contributed by atoms with Gasteiger partial charge in [-0.2, -0.15) is 0 Å². The number of hydrogen-bond acceptors (Lipinski definition) is 4. The van der Waals surface area contributed by atoms with Crippen LogP contribution >= 0.6 is 0 Å². The smallest absolute Gasteiger partial charge is 0.458 e. The van der Waals surface area contributed by atoms with Crippen LogP contribution in [0.4, 0.5) is 0 Å². The summed E-state index contributed by atoms with van der Waals surface area (Å²) in [6, 6.07) is 7.17. The third-order valence-electron chi connectivity index (χ3n) is 4.02. The van der Waals surface area contributed by atoms with Crippen LogP contribution < -0.4 is 0 Å². The first-order valence-electron chi connectivity index (χ1n) is 8.16. The molecule has 0 spiro atoms. The van der Waals surface area contributed by atoms with Crippen molar-refractivity contribution in [3.63, 3.8) is 0 Å². The van der Waals surface area contributed by atoms with Crippen LogP contribution in [-0.2, 0) is 9.39 Å². The standard InChI is InChI=1S/C19H25BO4/c1-14(11-16-5-4-6-17(21)12-16)7-8-19-18(15(2)13-23-3)9-10-20(22)24-19/h4-6,9,11-12,19,21-22H,2,7-8,10,13H2,1,3H3/b14-11+. The molecule has 4 nitrogen and oxygen atoms in total. The maximum atomic E-state index is 9.77. The molecule has 1 heterocycles. The van der Waals surface area contributed by atoms with E-state index in [4.69, 9.17) is 9.39 Å². The largest absolute Gasteiger partial charge is 0.508 e. The van der Waals surface area contributed by atoms with Crippen LogP contribution in [0.1, 0.15) is 25.3 Å². The molecule has 0 aromatic heterocycles. The van der Waals surface area contributed by atoms with Crippen LogP contribution in [0.5, 0.6) is 5.75 Å². The predicted octanol–water partition coefficient (Wildman–Crippen LogP) is 3.58. The first-order valence-corrected chi connectivity index (χ1v) is 8.16. The van der Waals surface area contributed by atoms with Gasteiger partial charge in [0, 0.05) is 13.4 Å². The van der Waals surface area contributed by atoms with Gasteiger partial charge in [0.25, 0.3) is 0 Å². The van der Waals surface area contributed by atoms with E-state index in [9.17, 15) is 10.1 Å². The van der Waals surface area contributed by atoms with Crippen molar-refractivity contribution >= 4 is 13.2 Å². The minimum atomic E-state index is -0.760. The Morgan fingerprint density at radius 3 is 3.00 bits per heavy atom. The molecule has 0 amide bonds. The molecule has 0 fully saturated rings.